The van der Waals surface area contributed by atoms with Crippen LogP contribution >= 0.6 is 11.6 Å². The van der Waals surface area contributed by atoms with E-state index in [2.05, 4.69) is 10.0 Å². The third kappa shape index (κ3) is 4.92. The van der Waals surface area contributed by atoms with E-state index in [0.717, 1.165) is 0 Å². The number of nitrogens with zero attached hydrogens (tertiary/aromatic N) is 1. The molecule has 0 radical (unpaired) electrons. The molecule has 0 atom stereocenters. The average Bonchev–Trinajstić information content (AvgIpc) is 2.56. The van der Waals surface area contributed by atoms with Gasteiger partial charge in [-0.15, -0.1) is 0 Å². The molecule has 9 heteroatoms. The monoisotopic (exact) mass is 369 g/mol. The van der Waals surface area contributed by atoms with Gasteiger partial charge in [0.05, 0.1) is 9.82 Å². The Morgan fingerprint density at radius 1 is 1.08 bits per heavy atom. The fourth-order valence-electron chi connectivity index (χ4n) is 2.01. The molecule has 128 valence electrons. The molecule has 0 heterocycles. The van der Waals surface area contributed by atoms with Gasteiger partial charge in [0.2, 0.25) is 10.0 Å². The number of nitrogens with one attached hydrogen (secondary N) is 2. The molecule has 0 unspecified atom stereocenters. The largest absolute Gasteiger partial charge is 0.379 e. The third-order valence-corrected chi connectivity index (χ3v) is 4.88. The highest BCUT2D eigenvalue weighted by molar-refractivity contribution is 7.89. The van der Waals surface area contributed by atoms with Crippen LogP contribution in [0.2, 0.25) is 5.02 Å². The van der Waals surface area contributed by atoms with Gasteiger partial charge in [-0.2, -0.15) is 0 Å². The first-order valence-corrected chi connectivity index (χ1v) is 8.99. The van der Waals surface area contributed by atoms with Crippen LogP contribution in [-0.2, 0) is 10.0 Å². The number of halogens is 1. The Labute approximate surface area is 144 Å². The molecule has 0 aliphatic carbocycles. The standard InChI is InChI=1S/C15H16ClN3O4S/c16-12-7-8-14(15(11-12)19(20)21)17-9-4-10-18-24(22,23)13-5-2-1-3-6-13/h1-3,5-8,11,17-18H,4,9-10H2. The molecule has 0 amide bonds. The molecule has 0 fully saturated rings. The van der Waals surface area contributed by atoms with Crippen molar-refractivity contribution in [3.63, 3.8) is 0 Å². The summed E-state index contributed by atoms with van der Waals surface area (Å²) in [4.78, 5) is 10.6. The highest BCUT2D eigenvalue weighted by Gasteiger charge is 2.14. The van der Waals surface area contributed by atoms with Gasteiger partial charge in [-0.1, -0.05) is 29.8 Å². The first-order chi connectivity index (χ1) is 11.4. The molecular formula is C15H16ClN3O4S. The summed E-state index contributed by atoms with van der Waals surface area (Å²) >= 11 is 5.74. The zero-order valence-electron chi connectivity index (χ0n) is 12.6. The summed E-state index contributed by atoms with van der Waals surface area (Å²) in [6.07, 6.45) is 0.464. The van der Waals surface area contributed by atoms with E-state index in [4.69, 9.17) is 11.6 Å². The number of nitro benzene ring substituents is 1. The van der Waals surface area contributed by atoms with E-state index in [-0.39, 0.29) is 22.2 Å². The van der Waals surface area contributed by atoms with E-state index in [1.54, 1.807) is 24.3 Å². The third-order valence-electron chi connectivity index (χ3n) is 3.17. The number of nitro groups is 1. The predicted octanol–water partition coefficient (Wildman–Crippen LogP) is 3.03. The lowest BCUT2D eigenvalue weighted by Crippen LogP contribution is -2.26. The molecule has 0 aliphatic heterocycles. The van der Waals surface area contributed by atoms with E-state index in [1.165, 1.54) is 24.3 Å². The van der Waals surface area contributed by atoms with Crippen molar-refractivity contribution in [2.24, 2.45) is 0 Å². The Hall–Kier alpha value is -2.16. The average molecular weight is 370 g/mol. The molecule has 0 saturated carbocycles. The van der Waals surface area contributed by atoms with Crippen LogP contribution in [-0.4, -0.2) is 26.4 Å². The SMILES string of the molecule is O=[N+]([O-])c1cc(Cl)ccc1NCCCNS(=O)(=O)c1ccccc1. The zero-order valence-corrected chi connectivity index (χ0v) is 14.2. The number of anilines is 1. The number of rotatable bonds is 8. The maximum Gasteiger partial charge on any atom is 0.293 e. The minimum Gasteiger partial charge on any atom is -0.379 e. The first-order valence-electron chi connectivity index (χ1n) is 7.13. The fraction of sp³-hybridized carbons (Fsp3) is 0.200. The lowest BCUT2D eigenvalue weighted by atomic mass is 10.2. The summed E-state index contributed by atoms with van der Waals surface area (Å²) in [5.74, 6) is 0. The van der Waals surface area contributed by atoms with Gasteiger partial charge in [-0.25, -0.2) is 13.1 Å². The van der Waals surface area contributed by atoms with E-state index in [0.29, 0.717) is 18.7 Å². The molecular weight excluding hydrogens is 354 g/mol. The van der Waals surface area contributed by atoms with Crippen LogP contribution in [0.5, 0.6) is 0 Å². The number of hydrogen-bond acceptors (Lipinski definition) is 5. The van der Waals surface area contributed by atoms with Crippen LogP contribution < -0.4 is 10.0 Å². The van der Waals surface area contributed by atoms with E-state index in [9.17, 15) is 18.5 Å². The number of hydrogen-bond donors (Lipinski definition) is 2. The van der Waals surface area contributed by atoms with Gasteiger partial charge in [0.25, 0.3) is 5.69 Å². The summed E-state index contributed by atoms with van der Waals surface area (Å²) < 4.78 is 26.5. The minimum absolute atomic E-state index is 0.118. The minimum atomic E-state index is -3.54. The van der Waals surface area contributed by atoms with Gasteiger partial charge < -0.3 is 5.32 Å². The van der Waals surface area contributed by atoms with Crippen molar-refractivity contribution in [2.45, 2.75) is 11.3 Å². The summed E-state index contributed by atoms with van der Waals surface area (Å²) in [5, 5.41) is 14.2. The summed E-state index contributed by atoms with van der Waals surface area (Å²) in [6.45, 7) is 0.589. The predicted molar refractivity (Wildman–Crippen MR) is 92.8 cm³/mol. The van der Waals surface area contributed by atoms with Gasteiger partial charge >= 0.3 is 0 Å². The molecule has 24 heavy (non-hydrogen) atoms. The lowest BCUT2D eigenvalue weighted by molar-refractivity contribution is -0.383. The topological polar surface area (TPSA) is 101 Å². The number of benzene rings is 2. The Balaban J connectivity index is 1.85. The van der Waals surface area contributed by atoms with Crippen molar-refractivity contribution in [2.75, 3.05) is 18.4 Å². The van der Waals surface area contributed by atoms with Crippen LogP contribution in [0.15, 0.2) is 53.4 Å². The summed E-state index contributed by atoms with van der Waals surface area (Å²) in [5.41, 5.74) is 0.225. The van der Waals surface area contributed by atoms with Crippen LogP contribution in [0, 0.1) is 10.1 Å². The molecule has 0 bridgehead atoms. The van der Waals surface area contributed by atoms with Gasteiger partial charge in [0, 0.05) is 24.2 Å². The maximum atomic E-state index is 12.0. The molecule has 0 aliphatic rings. The van der Waals surface area contributed by atoms with Crippen LogP contribution in [0.3, 0.4) is 0 Å². The lowest BCUT2D eigenvalue weighted by Gasteiger charge is -2.09. The van der Waals surface area contributed by atoms with Crippen molar-refractivity contribution >= 4 is 33.0 Å². The maximum absolute atomic E-state index is 12.0. The van der Waals surface area contributed by atoms with Crippen molar-refractivity contribution in [3.8, 4) is 0 Å². The molecule has 7 nitrogen and oxygen atoms in total. The Morgan fingerprint density at radius 3 is 2.46 bits per heavy atom. The van der Waals surface area contributed by atoms with Gasteiger partial charge in [-0.05, 0) is 30.7 Å². The molecule has 2 N–H and O–H groups in total. The van der Waals surface area contributed by atoms with Gasteiger partial charge in [0.15, 0.2) is 0 Å². The summed E-state index contributed by atoms with van der Waals surface area (Å²) in [6, 6.07) is 12.4. The van der Waals surface area contributed by atoms with Crippen LogP contribution in [0.4, 0.5) is 11.4 Å². The molecule has 0 saturated heterocycles. The highest BCUT2D eigenvalue weighted by Crippen LogP contribution is 2.27. The van der Waals surface area contributed by atoms with Crippen molar-refractivity contribution in [1.29, 1.82) is 0 Å². The number of sulfonamides is 1. The normalized spacial score (nSPS) is 11.2. The second kappa shape index (κ2) is 8.09. The second-order valence-electron chi connectivity index (χ2n) is 4.91. The quantitative estimate of drug-likeness (QED) is 0.423. The van der Waals surface area contributed by atoms with Crippen molar-refractivity contribution < 1.29 is 13.3 Å². The van der Waals surface area contributed by atoms with Crippen LogP contribution in [0.25, 0.3) is 0 Å². The van der Waals surface area contributed by atoms with E-state index >= 15 is 0 Å². The molecule has 0 aromatic heterocycles. The van der Waals surface area contributed by atoms with Crippen molar-refractivity contribution in [3.05, 3.63) is 63.7 Å². The van der Waals surface area contributed by atoms with E-state index in [1.807, 2.05) is 0 Å². The van der Waals surface area contributed by atoms with Gasteiger partial charge in [-0.3, -0.25) is 10.1 Å². The smallest absolute Gasteiger partial charge is 0.293 e. The Bertz CT molecular complexity index is 813. The summed E-state index contributed by atoms with van der Waals surface area (Å²) in [7, 11) is -3.54. The Morgan fingerprint density at radius 2 is 1.79 bits per heavy atom. The fourth-order valence-corrected chi connectivity index (χ4v) is 3.27. The molecule has 2 rings (SSSR count). The molecule has 2 aromatic rings. The zero-order chi connectivity index (χ0) is 17.6. The molecule has 2 aromatic carbocycles. The highest BCUT2D eigenvalue weighted by atomic mass is 35.5. The van der Waals surface area contributed by atoms with Gasteiger partial charge in [0.1, 0.15) is 5.69 Å². The Kier molecular flexibility index (Phi) is 6.13. The second-order valence-corrected chi connectivity index (χ2v) is 7.11. The van der Waals surface area contributed by atoms with E-state index < -0.39 is 14.9 Å². The van der Waals surface area contributed by atoms with Crippen LogP contribution in [0.1, 0.15) is 6.42 Å². The molecule has 0 spiro atoms. The first kappa shape index (κ1) is 18.2. The van der Waals surface area contributed by atoms with Crippen molar-refractivity contribution in [1.82, 2.24) is 4.72 Å².